The van der Waals surface area contributed by atoms with E-state index in [0.717, 1.165) is 25.7 Å². The number of nitrogens with zero attached hydrogens (tertiary/aromatic N) is 1. The van der Waals surface area contributed by atoms with Crippen LogP contribution in [0.4, 0.5) is 0 Å². The van der Waals surface area contributed by atoms with E-state index < -0.39 is 5.41 Å². The lowest BCUT2D eigenvalue weighted by molar-refractivity contribution is -0.136. The zero-order chi connectivity index (χ0) is 14.5. The molecule has 1 N–H and O–H groups in total. The fourth-order valence-electron chi connectivity index (χ4n) is 2.26. The first kappa shape index (κ1) is 15.6. The number of hydrogen-bond acceptors (Lipinski definition) is 2. The van der Waals surface area contributed by atoms with Gasteiger partial charge in [-0.05, 0) is 12.8 Å². The van der Waals surface area contributed by atoms with Gasteiger partial charge in [0.05, 0.1) is 13.1 Å². The number of carbonyl (C=O) groups excluding carboxylic acids is 2. The second kappa shape index (κ2) is 6.60. The van der Waals surface area contributed by atoms with Gasteiger partial charge in [-0.2, -0.15) is 0 Å². The van der Waals surface area contributed by atoms with E-state index >= 15 is 0 Å². The van der Waals surface area contributed by atoms with Crippen molar-refractivity contribution in [2.75, 3.05) is 13.1 Å². The highest BCUT2D eigenvalue weighted by molar-refractivity contribution is 5.87. The molecular formula is C15H24N2O2. The van der Waals surface area contributed by atoms with Crippen LogP contribution in [-0.2, 0) is 9.59 Å². The van der Waals surface area contributed by atoms with Gasteiger partial charge in [-0.15, -0.1) is 6.42 Å². The van der Waals surface area contributed by atoms with Crippen LogP contribution < -0.4 is 5.32 Å². The van der Waals surface area contributed by atoms with Crippen LogP contribution in [0.5, 0.6) is 0 Å². The Balaban J connectivity index is 2.53. The number of nitrogens with one attached hydrogen (secondary N) is 1. The Morgan fingerprint density at radius 2 is 1.89 bits per heavy atom. The van der Waals surface area contributed by atoms with Crippen molar-refractivity contribution in [2.24, 2.45) is 5.41 Å². The molecule has 0 aromatic carbocycles. The van der Waals surface area contributed by atoms with Gasteiger partial charge in [-0.3, -0.25) is 9.59 Å². The Hall–Kier alpha value is -1.50. The molecule has 0 bridgehead atoms. The van der Waals surface area contributed by atoms with Crippen molar-refractivity contribution < 1.29 is 9.59 Å². The fourth-order valence-corrected chi connectivity index (χ4v) is 2.26. The lowest BCUT2D eigenvalue weighted by atomic mass is 9.96. The number of amides is 2. The molecule has 1 saturated carbocycles. The molecule has 0 aliphatic heterocycles. The minimum atomic E-state index is -0.482. The summed E-state index contributed by atoms with van der Waals surface area (Å²) in [5, 5.41) is 2.69. The Labute approximate surface area is 115 Å². The van der Waals surface area contributed by atoms with Crippen LogP contribution in [0.3, 0.4) is 0 Å². The van der Waals surface area contributed by atoms with Gasteiger partial charge in [0.25, 0.3) is 0 Å². The summed E-state index contributed by atoms with van der Waals surface area (Å²) in [6, 6.07) is 0.245. The molecule has 1 aliphatic rings. The third-order valence-corrected chi connectivity index (χ3v) is 3.43. The van der Waals surface area contributed by atoms with Crippen LogP contribution in [0.1, 0.15) is 46.5 Å². The average Bonchev–Trinajstić information content (AvgIpc) is 2.84. The summed E-state index contributed by atoms with van der Waals surface area (Å²) in [5.74, 6) is 2.34. The molecule has 0 spiro atoms. The first-order valence-electron chi connectivity index (χ1n) is 6.87. The van der Waals surface area contributed by atoms with Crippen molar-refractivity contribution in [1.29, 1.82) is 0 Å². The molecule has 4 heteroatoms. The van der Waals surface area contributed by atoms with Crippen molar-refractivity contribution in [1.82, 2.24) is 10.2 Å². The van der Waals surface area contributed by atoms with Crippen LogP contribution in [0, 0.1) is 17.8 Å². The molecule has 0 atom stereocenters. The second-order valence-corrected chi connectivity index (χ2v) is 6.10. The molecule has 106 valence electrons. The van der Waals surface area contributed by atoms with Crippen LogP contribution in [-0.4, -0.2) is 35.8 Å². The van der Waals surface area contributed by atoms with Crippen molar-refractivity contribution >= 4 is 11.8 Å². The zero-order valence-electron chi connectivity index (χ0n) is 12.2. The molecule has 0 saturated heterocycles. The van der Waals surface area contributed by atoms with Gasteiger partial charge in [-0.1, -0.05) is 39.5 Å². The van der Waals surface area contributed by atoms with Crippen molar-refractivity contribution in [3.05, 3.63) is 0 Å². The predicted molar refractivity (Wildman–Crippen MR) is 75.3 cm³/mol. The van der Waals surface area contributed by atoms with E-state index in [0.29, 0.717) is 6.54 Å². The molecule has 2 amide bonds. The SMILES string of the molecule is C#CCN(C(=O)CNC(=O)C(C)(C)C)C1CCCC1. The van der Waals surface area contributed by atoms with Gasteiger partial charge in [0, 0.05) is 11.5 Å². The largest absolute Gasteiger partial charge is 0.347 e. The van der Waals surface area contributed by atoms with E-state index in [4.69, 9.17) is 6.42 Å². The Morgan fingerprint density at radius 3 is 2.37 bits per heavy atom. The highest BCUT2D eigenvalue weighted by atomic mass is 16.2. The molecule has 0 aromatic rings. The van der Waals surface area contributed by atoms with Crippen molar-refractivity contribution in [3.63, 3.8) is 0 Å². The van der Waals surface area contributed by atoms with Gasteiger partial charge in [0.1, 0.15) is 0 Å². The summed E-state index contributed by atoms with van der Waals surface area (Å²) >= 11 is 0. The quantitative estimate of drug-likeness (QED) is 0.783. The predicted octanol–water partition coefficient (Wildman–Crippen LogP) is 1.55. The molecule has 0 unspecified atom stereocenters. The van der Waals surface area contributed by atoms with Crippen molar-refractivity contribution in [3.8, 4) is 12.3 Å². The summed E-state index contributed by atoms with van der Waals surface area (Å²) in [6.07, 6.45) is 9.65. The van der Waals surface area contributed by atoms with Crippen molar-refractivity contribution in [2.45, 2.75) is 52.5 Å². The minimum Gasteiger partial charge on any atom is -0.347 e. The van der Waals surface area contributed by atoms with Crippen LogP contribution >= 0.6 is 0 Å². The molecular weight excluding hydrogens is 240 g/mol. The first-order valence-corrected chi connectivity index (χ1v) is 6.87. The fraction of sp³-hybridized carbons (Fsp3) is 0.733. The maximum atomic E-state index is 12.2. The van der Waals surface area contributed by atoms with E-state index in [1.165, 1.54) is 0 Å². The molecule has 1 rings (SSSR count). The summed E-state index contributed by atoms with van der Waals surface area (Å²) in [7, 11) is 0. The van der Waals surface area contributed by atoms with Gasteiger partial charge < -0.3 is 10.2 Å². The molecule has 0 radical (unpaired) electrons. The number of hydrogen-bond donors (Lipinski definition) is 1. The summed E-state index contributed by atoms with van der Waals surface area (Å²) < 4.78 is 0. The standard InChI is InChI=1S/C15H24N2O2/c1-5-10-17(12-8-6-7-9-12)13(18)11-16-14(19)15(2,3)4/h1,12H,6-11H2,2-4H3,(H,16,19). The molecule has 1 fully saturated rings. The van der Waals surface area contributed by atoms with Gasteiger partial charge in [0.2, 0.25) is 11.8 Å². The first-order chi connectivity index (χ1) is 8.86. The van der Waals surface area contributed by atoms with Gasteiger partial charge in [-0.25, -0.2) is 0 Å². The summed E-state index contributed by atoms with van der Waals surface area (Å²) in [4.78, 5) is 25.6. The van der Waals surface area contributed by atoms with Crippen LogP contribution in [0.15, 0.2) is 0 Å². The number of rotatable bonds is 4. The monoisotopic (exact) mass is 264 g/mol. The average molecular weight is 264 g/mol. The van der Waals surface area contributed by atoms with E-state index in [1.807, 2.05) is 20.8 Å². The van der Waals surface area contributed by atoms with E-state index in [2.05, 4.69) is 11.2 Å². The maximum Gasteiger partial charge on any atom is 0.243 e. The smallest absolute Gasteiger partial charge is 0.243 e. The Morgan fingerprint density at radius 1 is 1.32 bits per heavy atom. The normalized spacial score (nSPS) is 15.9. The molecule has 0 aromatic heterocycles. The Kier molecular flexibility index (Phi) is 5.41. The van der Waals surface area contributed by atoms with Gasteiger partial charge >= 0.3 is 0 Å². The summed E-state index contributed by atoms with van der Waals surface area (Å²) in [6.45, 7) is 5.83. The highest BCUT2D eigenvalue weighted by Crippen LogP contribution is 2.23. The number of terminal acetylenes is 1. The third kappa shape index (κ3) is 4.59. The topological polar surface area (TPSA) is 49.4 Å². The number of carbonyl (C=O) groups is 2. The van der Waals surface area contributed by atoms with E-state index in [9.17, 15) is 9.59 Å². The highest BCUT2D eigenvalue weighted by Gasteiger charge is 2.27. The van der Waals surface area contributed by atoms with E-state index in [-0.39, 0.29) is 24.4 Å². The Bertz CT molecular complexity index is 371. The summed E-state index contributed by atoms with van der Waals surface area (Å²) in [5.41, 5.74) is -0.482. The zero-order valence-corrected chi connectivity index (χ0v) is 12.2. The molecule has 1 aliphatic carbocycles. The lowest BCUT2D eigenvalue weighted by Gasteiger charge is -2.27. The van der Waals surface area contributed by atoms with Crippen LogP contribution in [0.2, 0.25) is 0 Å². The lowest BCUT2D eigenvalue weighted by Crippen LogP contribution is -2.46. The van der Waals surface area contributed by atoms with Crippen LogP contribution in [0.25, 0.3) is 0 Å². The third-order valence-electron chi connectivity index (χ3n) is 3.43. The molecule has 19 heavy (non-hydrogen) atoms. The van der Waals surface area contributed by atoms with E-state index in [1.54, 1.807) is 4.90 Å². The second-order valence-electron chi connectivity index (χ2n) is 6.10. The molecule has 4 nitrogen and oxygen atoms in total. The van der Waals surface area contributed by atoms with Gasteiger partial charge in [0.15, 0.2) is 0 Å². The minimum absolute atomic E-state index is 0.0360. The molecule has 0 heterocycles. The maximum absolute atomic E-state index is 12.2.